The first-order chi connectivity index (χ1) is 12.6. The Kier molecular flexibility index (Phi) is 4.78. The van der Waals surface area contributed by atoms with Crippen molar-refractivity contribution in [3.8, 4) is 0 Å². The number of primary amides is 1. The van der Waals surface area contributed by atoms with Crippen LogP contribution in [0.4, 0.5) is 5.82 Å². The maximum Gasteiger partial charge on any atom is 0.240 e. The molecule has 0 aliphatic carbocycles. The summed E-state index contributed by atoms with van der Waals surface area (Å²) in [6.07, 6.45) is 2.55. The summed E-state index contributed by atoms with van der Waals surface area (Å²) < 4.78 is 0. The maximum absolute atomic E-state index is 11.8. The van der Waals surface area contributed by atoms with E-state index in [-0.39, 0.29) is 17.2 Å². The van der Waals surface area contributed by atoms with Gasteiger partial charge in [-0.1, -0.05) is 30.3 Å². The van der Waals surface area contributed by atoms with Crippen LogP contribution in [0.1, 0.15) is 29.7 Å². The second-order valence-electron chi connectivity index (χ2n) is 6.94. The molecule has 0 saturated carbocycles. The van der Waals surface area contributed by atoms with Crippen molar-refractivity contribution in [3.05, 3.63) is 52.4 Å². The fourth-order valence-electron chi connectivity index (χ4n) is 3.97. The van der Waals surface area contributed by atoms with Crippen molar-refractivity contribution in [2.24, 2.45) is 5.73 Å². The molecule has 2 aliphatic heterocycles. The first-order valence-corrected chi connectivity index (χ1v) is 9.37. The average molecular weight is 372 g/mol. The Hall–Kier alpha value is -2.18. The predicted octanol–water partition coefficient (Wildman–Crippen LogP) is 2.14. The fourth-order valence-corrected chi connectivity index (χ4v) is 4.15. The van der Waals surface area contributed by atoms with Crippen LogP contribution in [0.2, 0.25) is 5.28 Å². The number of hydrogen-bond donors (Lipinski definition) is 1. The van der Waals surface area contributed by atoms with Crippen LogP contribution in [0.25, 0.3) is 0 Å². The van der Waals surface area contributed by atoms with Gasteiger partial charge in [0.1, 0.15) is 11.9 Å². The van der Waals surface area contributed by atoms with Gasteiger partial charge in [-0.05, 0) is 36.4 Å². The van der Waals surface area contributed by atoms with Crippen molar-refractivity contribution in [1.82, 2.24) is 14.9 Å². The lowest BCUT2D eigenvalue weighted by molar-refractivity contribution is -0.119. The summed E-state index contributed by atoms with van der Waals surface area (Å²) in [6.45, 7) is 3.31. The van der Waals surface area contributed by atoms with E-state index < -0.39 is 0 Å². The lowest BCUT2D eigenvalue weighted by Gasteiger charge is -2.32. The van der Waals surface area contributed by atoms with E-state index in [1.54, 1.807) is 0 Å². The van der Waals surface area contributed by atoms with Gasteiger partial charge in [-0.2, -0.15) is 0 Å². The van der Waals surface area contributed by atoms with Crippen LogP contribution >= 0.6 is 11.6 Å². The summed E-state index contributed by atoms with van der Waals surface area (Å²) in [6, 6.07) is 10.1. The van der Waals surface area contributed by atoms with Gasteiger partial charge >= 0.3 is 0 Å². The number of nitrogens with zero attached hydrogens (tertiary/aromatic N) is 4. The molecule has 0 radical (unpaired) electrons. The molecule has 1 fully saturated rings. The second-order valence-corrected chi connectivity index (χ2v) is 7.28. The molecule has 0 bridgehead atoms. The second kappa shape index (κ2) is 7.21. The Morgan fingerprint density at radius 3 is 2.81 bits per heavy atom. The molecule has 1 saturated heterocycles. The summed E-state index contributed by atoms with van der Waals surface area (Å²) in [5.41, 5.74) is 8.92. The normalized spacial score (nSPS) is 20.2. The van der Waals surface area contributed by atoms with Gasteiger partial charge in [0.25, 0.3) is 0 Å². The molecule has 2 N–H and O–H groups in total. The molecule has 3 heterocycles. The van der Waals surface area contributed by atoms with E-state index in [1.165, 1.54) is 5.56 Å². The van der Waals surface area contributed by atoms with Crippen molar-refractivity contribution in [1.29, 1.82) is 0 Å². The highest BCUT2D eigenvalue weighted by atomic mass is 35.5. The number of anilines is 1. The van der Waals surface area contributed by atoms with Crippen LogP contribution in [-0.2, 0) is 24.3 Å². The van der Waals surface area contributed by atoms with E-state index in [0.29, 0.717) is 0 Å². The van der Waals surface area contributed by atoms with E-state index in [1.807, 2.05) is 11.0 Å². The van der Waals surface area contributed by atoms with Crippen molar-refractivity contribution in [2.75, 3.05) is 18.0 Å². The zero-order valence-corrected chi connectivity index (χ0v) is 15.3. The largest absolute Gasteiger partial charge is 0.368 e. The van der Waals surface area contributed by atoms with Gasteiger partial charge in [-0.25, -0.2) is 9.97 Å². The third kappa shape index (κ3) is 3.39. The summed E-state index contributed by atoms with van der Waals surface area (Å²) in [5, 5.41) is 0.232. The van der Waals surface area contributed by atoms with Crippen molar-refractivity contribution in [3.63, 3.8) is 0 Å². The molecule has 6 nitrogen and oxygen atoms in total. The number of nitrogens with two attached hydrogens (primary N) is 1. The SMILES string of the molecule is NC(=O)[C@@H]1CCCN1c1nc(Cl)nc2c1CCN(Cc1ccccc1)C2. The Bertz CT molecular complexity index is 813. The number of carbonyl (C=O) groups is 1. The summed E-state index contributed by atoms with van der Waals surface area (Å²) >= 11 is 6.21. The minimum Gasteiger partial charge on any atom is -0.368 e. The number of hydrogen-bond acceptors (Lipinski definition) is 5. The van der Waals surface area contributed by atoms with Crippen molar-refractivity contribution < 1.29 is 4.79 Å². The highest BCUT2D eigenvalue weighted by Crippen LogP contribution is 2.32. The van der Waals surface area contributed by atoms with Crippen molar-refractivity contribution in [2.45, 2.75) is 38.4 Å². The summed E-state index contributed by atoms with van der Waals surface area (Å²) in [4.78, 5) is 25.1. The molecule has 1 aromatic heterocycles. The van der Waals surface area contributed by atoms with Crippen LogP contribution < -0.4 is 10.6 Å². The first-order valence-electron chi connectivity index (χ1n) is 8.99. The van der Waals surface area contributed by atoms with Gasteiger partial charge < -0.3 is 10.6 Å². The van der Waals surface area contributed by atoms with Gasteiger partial charge in [0.2, 0.25) is 11.2 Å². The number of fused-ring (bicyclic) bond motifs is 1. The molecule has 2 aromatic rings. The van der Waals surface area contributed by atoms with Gasteiger partial charge in [-0.3, -0.25) is 9.69 Å². The fraction of sp³-hybridized carbons (Fsp3) is 0.421. The van der Waals surface area contributed by atoms with Crippen LogP contribution in [0, 0.1) is 0 Å². The van der Waals surface area contributed by atoms with Crippen molar-refractivity contribution >= 4 is 23.3 Å². The highest BCUT2D eigenvalue weighted by Gasteiger charge is 2.33. The number of amides is 1. The minimum absolute atomic E-state index is 0.232. The van der Waals surface area contributed by atoms with E-state index in [0.717, 1.165) is 62.5 Å². The van der Waals surface area contributed by atoms with E-state index in [4.69, 9.17) is 17.3 Å². The Morgan fingerprint density at radius 2 is 2.04 bits per heavy atom. The summed E-state index contributed by atoms with van der Waals surface area (Å²) in [5.74, 6) is 0.494. The molecule has 4 rings (SSSR count). The zero-order valence-electron chi connectivity index (χ0n) is 14.6. The molecule has 1 aromatic carbocycles. The maximum atomic E-state index is 11.8. The lowest BCUT2D eigenvalue weighted by Crippen LogP contribution is -2.42. The third-order valence-corrected chi connectivity index (χ3v) is 5.37. The van der Waals surface area contributed by atoms with Crippen LogP contribution in [0.3, 0.4) is 0 Å². The molecule has 7 heteroatoms. The van der Waals surface area contributed by atoms with Gasteiger partial charge in [0, 0.05) is 31.7 Å². The number of carbonyl (C=O) groups excluding carboxylic acids is 1. The molecule has 2 aliphatic rings. The Labute approximate surface area is 158 Å². The van der Waals surface area contributed by atoms with Crippen LogP contribution in [0.5, 0.6) is 0 Å². The molecule has 0 unspecified atom stereocenters. The van der Waals surface area contributed by atoms with Gasteiger partial charge in [0.05, 0.1) is 5.69 Å². The van der Waals surface area contributed by atoms with Crippen LogP contribution in [0.15, 0.2) is 30.3 Å². The van der Waals surface area contributed by atoms with E-state index in [9.17, 15) is 4.79 Å². The lowest BCUT2D eigenvalue weighted by atomic mass is 10.0. The molecule has 0 spiro atoms. The number of rotatable bonds is 4. The standard InChI is InChI=1S/C19H22ClN5O/c20-19-22-15-12-24(11-13-5-2-1-3-6-13)10-8-14(15)18(23-19)25-9-4-7-16(25)17(21)26/h1-3,5-6,16H,4,7-12H2,(H2,21,26)/t16-/m0/s1. The highest BCUT2D eigenvalue weighted by molar-refractivity contribution is 6.28. The molecule has 26 heavy (non-hydrogen) atoms. The summed E-state index contributed by atoms with van der Waals surface area (Å²) in [7, 11) is 0. The monoisotopic (exact) mass is 371 g/mol. The third-order valence-electron chi connectivity index (χ3n) is 5.20. The Morgan fingerprint density at radius 1 is 1.23 bits per heavy atom. The van der Waals surface area contributed by atoms with E-state index >= 15 is 0 Å². The average Bonchev–Trinajstić information content (AvgIpc) is 3.11. The quantitative estimate of drug-likeness (QED) is 0.833. The topological polar surface area (TPSA) is 75.4 Å². The van der Waals surface area contributed by atoms with E-state index in [2.05, 4.69) is 39.1 Å². The molecule has 1 amide bonds. The van der Waals surface area contributed by atoms with Gasteiger partial charge in [0.15, 0.2) is 0 Å². The molecular formula is C19H22ClN5O. The zero-order chi connectivity index (χ0) is 18.1. The van der Waals surface area contributed by atoms with Crippen LogP contribution in [-0.4, -0.2) is 39.9 Å². The van der Waals surface area contributed by atoms with Gasteiger partial charge in [-0.15, -0.1) is 0 Å². The number of aromatic nitrogens is 2. The molecular weight excluding hydrogens is 350 g/mol. The number of halogens is 1. The predicted molar refractivity (Wildman–Crippen MR) is 101 cm³/mol. The molecule has 1 atom stereocenters. The smallest absolute Gasteiger partial charge is 0.240 e. The minimum atomic E-state index is -0.299. The Balaban J connectivity index is 1.60. The first kappa shape index (κ1) is 17.2. The molecule has 136 valence electrons. The number of benzene rings is 1.